The van der Waals surface area contributed by atoms with E-state index < -0.39 is 0 Å². The largest absolute Gasteiger partial charge is 0.496 e. The summed E-state index contributed by atoms with van der Waals surface area (Å²) in [6.45, 7) is 2.25. The minimum atomic E-state index is -0.00960. The van der Waals surface area contributed by atoms with Crippen LogP contribution in [0.2, 0.25) is 0 Å². The van der Waals surface area contributed by atoms with Gasteiger partial charge in [0.05, 0.1) is 24.4 Å². The molecule has 2 aliphatic heterocycles. The van der Waals surface area contributed by atoms with Crippen LogP contribution < -0.4 is 10.1 Å². The second-order valence-corrected chi connectivity index (χ2v) is 6.53. The number of hydrogen-bond donors (Lipinski definition) is 1. The number of benzene rings is 1. The predicted molar refractivity (Wildman–Crippen MR) is 93.4 cm³/mol. The van der Waals surface area contributed by atoms with Gasteiger partial charge in [-0.25, -0.2) is 9.97 Å². The van der Waals surface area contributed by atoms with Crippen LogP contribution in [0.4, 0.5) is 0 Å². The van der Waals surface area contributed by atoms with E-state index in [0.717, 1.165) is 36.5 Å². The number of ether oxygens (including phenoxy) is 1. The highest BCUT2D eigenvalue weighted by Crippen LogP contribution is 2.25. The number of aromatic nitrogens is 2. The zero-order valence-corrected chi connectivity index (χ0v) is 14.4. The molecule has 25 heavy (non-hydrogen) atoms. The number of carbonyl (C=O) groups excluding carboxylic acids is 1. The highest BCUT2D eigenvalue weighted by atomic mass is 16.5. The van der Waals surface area contributed by atoms with Gasteiger partial charge < -0.3 is 15.0 Å². The predicted octanol–water partition coefficient (Wildman–Crippen LogP) is 2.11. The van der Waals surface area contributed by atoms with Crippen LogP contribution >= 0.6 is 0 Å². The molecule has 0 saturated carbocycles. The van der Waals surface area contributed by atoms with Gasteiger partial charge in [-0.1, -0.05) is 12.1 Å². The lowest BCUT2D eigenvalue weighted by atomic mass is 10.0. The van der Waals surface area contributed by atoms with Crippen molar-refractivity contribution in [2.24, 2.45) is 0 Å². The van der Waals surface area contributed by atoms with Gasteiger partial charge in [-0.2, -0.15) is 0 Å². The Labute approximate surface area is 147 Å². The summed E-state index contributed by atoms with van der Waals surface area (Å²) in [6, 6.07) is 7.63. The standard InChI is InChI=1S/C19H22N4O2/c1-25-17-7-3-2-5-14(17)19(24)23-10-8-15-13(12-23)11-21-18(22-15)16-6-4-9-20-16/h2-3,5,7,11,16,20H,4,6,8-10,12H2,1H3/t16-/m0/s1. The molecule has 1 N–H and O–H groups in total. The van der Waals surface area contributed by atoms with Gasteiger partial charge in [0, 0.05) is 31.3 Å². The summed E-state index contributed by atoms with van der Waals surface area (Å²) in [5.74, 6) is 1.49. The zero-order chi connectivity index (χ0) is 17.2. The van der Waals surface area contributed by atoms with Crippen LogP contribution in [0.25, 0.3) is 0 Å². The molecule has 0 unspecified atom stereocenters. The fraction of sp³-hybridized carbons (Fsp3) is 0.421. The molecule has 0 spiro atoms. The maximum atomic E-state index is 12.9. The summed E-state index contributed by atoms with van der Waals surface area (Å²) in [4.78, 5) is 24.0. The van der Waals surface area contributed by atoms with Gasteiger partial charge in [0.1, 0.15) is 11.6 Å². The van der Waals surface area contributed by atoms with Crippen LogP contribution in [0.3, 0.4) is 0 Å². The number of methoxy groups -OCH3 is 1. The Morgan fingerprint density at radius 2 is 2.24 bits per heavy atom. The molecule has 6 nitrogen and oxygen atoms in total. The molecule has 1 fully saturated rings. The van der Waals surface area contributed by atoms with Crippen molar-refractivity contribution in [1.29, 1.82) is 0 Å². The molecule has 1 aromatic carbocycles. The molecule has 0 bridgehead atoms. The third-order valence-electron chi connectivity index (χ3n) is 4.95. The average molecular weight is 338 g/mol. The van der Waals surface area contributed by atoms with Crippen molar-refractivity contribution in [3.8, 4) is 5.75 Å². The Morgan fingerprint density at radius 1 is 1.36 bits per heavy atom. The average Bonchev–Trinajstić information content (AvgIpc) is 3.21. The van der Waals surface area contributed by atoms with Gasteiger partial charge in [-0.3, -0.25) is 4.79 Å². The molecule has 1 aromatic heterocycles. The van der Waals surface area contributed by atoms with Crippen molar-refractivity contribution < 1.29 is 9.53 Å². The minimum absolute atomic E-state index is 0.00960. The smallest absolute Gasteiger partial charge is 0.257 e. The van der Waals surface area contributed by atoms with E-state index in [1.165, 1.54) is 6.42 Å². The van der Waals surface area contributed by atoms with Gasteiger partial charge in [0.15, 0.2) is 0 Å². The lowest BCUT2D eigenvalue weighted by molar-refractivity contribution is 0.0729. The molecular weight excluding hydrogens is 316 g/mol. The number of hydrogen-bond acceptors (Lipinski definition) is 5. The molecule has 2 aliphatic rings. The molecule has 6 heteroatoms. The molecule has 3 heterocycles. The van der Waals surface area contributed by atoms with Gasteiger partial charge in [-0.15, -0.1) is 0 Å². The van der Waals surface area contributed by atoms with Crippen molar-refractivity contribution in [1.82, 2.24) is 20.2 Å². The lowest BCUT2D eigenvalue weighted by Gasteiger charge is -2.29. The van der Waals surface area contributed by atoms with Crippen LogP contribution in [0.5, 0.6) is 5.75 Å². The van der Waals surface area contributed by atoms with Crippen molar-refractivity contribution in [3.05, 3.63) is 53.1 Å². The fourth-order valence-electron chi connectivity index (χ4n) is 3.57. The van der Waals surface area contributed by atoms with Crippen molar-refractivity contribution >= 4 is 5.91 Å². The van der Waals surface area contributed by atoms with Gasteiger partial charge >= 0.3 is 0 Å². The van der Waals surface area contributed by atoms with Gasteiger partial charge in [-0.05, 0) is 31.5 Å². The number of nitrogens with zero attached hydrogens (tertiary/aromatic N) is 3. The van der Waals surface area contributed by atoms with Crippen LogP contribution in [0.1, 0.15) is 46.3 Å². The van der Waals surface area contributed by atoms with E-state index in [0.29, 0.717) is 24.4 Å². The summed E-state index contributed by atoms with van der Waals surface area (Å²) in [6.07, 6.45) is 4.92. The Kier molecular flexibility index (Phi) is 4.36. The Hall–Kier alpha value is -2.47. The van der Waals surface area contributed by atoms with E-state index in [1.807, 2.05) is 35.4 Å². The highest BCUT2D eigenvalue weighted by Gasteiger charge is 2.26. The zero-order valence-electron chi connectivity index (χ0n) is 14.4. The normalized spacial score (nSPS) is 19.6. The number of nitrogens with one attached hydrogen (secondary N) is 1. The molecule has 0 aliphatic carbocycles. The number of amides is 1. The molecular formula is C19H22N4O2. The van der Waals surface area contributed by atoms with Crippen molar-refractivity contribution in [3.63, 3.8) is 0 Å². The molecule has 0 radical (unpaired) electrons. The van der Waals surface area contributed by atoms with E-state index in [9.17, 15) is 4.79 Å². The maximum absolute atomic E-state index is 12.9. The molecule has 1 amide bonds. The third kappa shape index (κ3) is 3.09. The third-order valence-corrected chi connectivity index (χ3v) is 4.95. The first-order chi connectivity index (χ1) is 12.3. The Balaban J connectivity index is 1.53. The van der Waals surface area contributed by atoms with Crippen LogP contribution in [-0.2, 0) is 13.0 Å². The topological polar surface area (TPSA) is 67.3 Å². The molecule has 130 valence electrons. The first-order valence-electron chi connectivity index (χ1n) is 8.76. The van der Waals surface area contributed by atoms with E-state index in [1.54, 1.807) is 7.11 Å². The lowest BCUT2D eigenvalue weighted by Crippen LogP contribution is -2.37. The first-order valence-corrected chi connectivity index (χ1v) is 8.76. The Bertz CT molecular complexity index is 787. The highest BCUT2D eigenvalue weighted by molar-refractivity contribution is 5.97. The van der Waals surface area contributed by atoms with Crippen molar-refractivity contribution in [2.75, 3.05) is 20.2 Å². The quantitative estimate of drug-likeness (QED) is 0.928. The summed E-state index contributed by atoms with van der Waals surface area (Å²) < 4.78 is 5.32. The summed E-state index contributed by atoms with van der Waals surface area (Å²) in [7, 11) is 1.59. The molecule has 1 saturated heterocycles. The summed E-state index contributed by atoms with van der Waals surface area (Å²) in [5.41, 5.74) is 2.71. The summed E-state index contributed by atoms with van der Waals surface area (Å²) in [5, 5.41) is 3.44. The Morgan fingerprint density at radius 3 is 3.04 bits per heavy atom. The minimum Gasteiger partial charge on any atom is -0.496 e. The fourth-order valence-corrected chi connectivity index (χ4v) is 3.57. The number of rotatable bonds is 3. The number of para-hydroxylation sites is 1. The summed E-state index contributed by atoms with van der Waals surface area (Å²) >= 11 is 0. The van der Waals surface area contributed by atoms with Crippen molar-refractivity contribution in [2.45, 2.75) is 31.8 Å². The van der Waals surface area contributed by atoms with E-state index >= 15 is 0 Å². The van der Waals surface area contributed by atoms with Gasteiger partial charge in [0.25, 0.3) is 5.91 Å². The first kappa shape index (κ1) is 16.0. The number of fused-ring (bicyclic) bond motifs is 1. The molecule has 4 rings (SSSR count). The van der Waals surface area contributed by atoms with E-state index in [-0.39, 0.29) is 11.9 Å². The molecule has 2 aromatic rings. The van der Waals surface area contributed by atoms with E-state index in [4.69, 9.17) is 9.72 Å². The number of carbonyl (C=O) groups is 1. The second kappa shape index (κ2) is 6.80. The SMILES string of the molecule is COc1ccccc1C(=O)N1CCc2nc([C@@H]3CCCN3)ncc2C1. The monoisotopic (exact) mass is 338 g/mol. The second-order valence-electron chi connectivity index (χ2n) is 6.53. The van der Waals surface area contributed by atoms with E-state index in [2.05, 4.69) is 10.3 Å². The van der Waals surface area contributed by atoms with Crippen LogP contribution in [0.15, 0.2) is 30.5 Å². The van der Waals surface area contributed by atoms with Crippen LogP contribution in [-0.4, -0.2) is 41.0 Å². The molecule has 1 atom stereocenters. The van der Waals surface area contributed by atoms with Crippen LogP contribution in [0, 0.1) is 0 Å². The van der Waals surface area contributed by atoms with Gasteiger partial charge in [0.2, 0.25) is 0 Å². The maximum Gasteiger partial charge on any atom is 0.257 e.